The molecular weight excluding hydrogens is 398 g/mol. The highest BCUT2D eigenvalue weighted by molar-refractivity contribution is 6.22. The first kappa shape index (κ1) is 22.2. The molecule has 0 N–H and O–H groups in total. The predicted molar refractivity (Wildman–Crippen MR) is 114 cm³/mol. The lowest BCUT2D eigenvalue weighted by molar-refractivity contribution is -0.132. The van der Waals surface area contributed by atoms with E-state index in [1.807, 2.05) is 19.1 Å². The zero-order chi connectivity index (χ0) is 22.7. The Balaban J connectivity index is 1.86. The fraction of sp³-hybridized carbons (Fsp3) is 0.333. The Labute approximate surface area is 180 Å². The molecule has 0 aromatic heterocycles. The van der Waals surface area contributed by atoms with Crippen LogP contribution in [0.25, 0.3) is 0 Å². The van der Waals surface area contributed by atoms with Gasteiger partial charge >= 0.3 is 11.9 Å². The van der Waals surface area contributed by atoms with Crippen molar-refractivity contribution in [3.63, 3.8) is 0 Å². The first-order chi connectivity index (χ1) is 14.7. The summed E-state index contributed by atoms with van der Waals surface area (Å²) < 4.78 is 10.1. The van der Waals surface area contributed by atoms with E-state index in [-0.39, 0.29) is 17.7 Å². The van der Waals surface area contributed by atoms with Gasteiger partial charge in [-0.25, -0.2) is 0 Å². The molecule has 7 heteroatoms. The fourth-order valence-electron chi connectivity index (χ4n) is 4.08. The summed E-state index contributed by atoms with van der Waals surface area (Å²) in [6.45, 7) is 6.39. The highest BCUT2D eigenvalue weighted by atomic mass is 16.5. The van der Waals surface area contributed by atoms with E-state index in [1.165, 1.54) is 18.7 Å². The summed E-state index contributed by atoms with van der Waals surface area (Å²) in [5.41, 5.74) is 1.35. The van der Waals surface area contributed by atoms with Crippen LogP contribution in [0.3, 0.4) is 0 Å². The van der Waals surface area contributed by atoms with E-state index in [2.05, 4.69) is 0 Å². The Morgan fingerprint density at radius 3 is 1.81 bits per heavy atom. The number of rotatable bonds is 6. The first-order valence-corrected chi connectivity index (χ1v) is 10.2. The van der Waals surface area contributed by atoms with E-state index in [4.69, 9.17) is 9.47 Å². The Morgan fingerprint density at radius 1 is 0.871 bits per heavy atom. The lowest BCUT2D eigenvalue weighted by Crippen LogP contribution is -2.31. The summed E-state index contributed by atoms with van der Waals surface area (Å²) in [7, 11) is 0. The number of hydrogen-bond acceptors (Lipinski definition) is 6. The number of anilines is 1. The van der Waals surface area contributed by atoms with Crippen molar-refractivity contribution < 1.29 is 28.7 Å². The number of esters is 2. The number of amides is 2. The van der Waals surface area contributed by atoms with Crippen molar-refractivity contribution in [2.75, 3.05) is 4.90 Å². The van der Waals surface area contributed by atoms with E-state index in [9.17, 15) is 19.2 Å². The molecule has 2 aromatic carbocycles. The average Bonchev–Trinajstić information content (AvgIpc) is 2.93. The molecule has 1 saturated heterocycles. The van der Waals surface area contributed by atoms with E-state index in [1.54, 1.807) is 43.3 Å². The van der Waals surface area contributed by atoms with Gasteiger partial charge in [0.2, 0.25) is 11.8 Å². The minimum absolute atomic E-state index is 0.164. The number of carbonyl (C=O) groups excluding carboxylic acids is 4. The van der Waals surface area contributed by atoms with Gasteiger partial charge in [-0.3, -0.25) is 24.1 Å². The highest BCUT2D eigenvalue weighted by Gasteiger charge is 2.49. The van der Waals surface area contributed by atoms with Gasteiger partial charge in [-0.15, -0.1) is 0 Å². The van der Waals surface area contributed by atoms with Crippen LogP contribution in [0.2, 0.25) is 0 Å². The molecule has 1 aliphatic heterocycles. The maximum atomic E-state index is 13.3. The largest absolute Gasteiger partial charge is 0.427 e. The Kier molecular flexibility index (Phi) is 6.53. The smallest absolute Gasteiger partial charge is 0.308 e. The van der Waals surface area contributed by atoms with Crippen molar-refractivity contribution in [1.29, 1.82) is 0 Å². The molecule has 1 aliphatic rings. The molecule has 3 rings (SSSR count). The summed E-state index contributed by atoms with van der Waals surface area (Å²) in [6.07, 6.45) is 0.667. The number of hydrogen-bond donors (Lipinski definition) is 0. The van der Waals surface area contributed by atoms with Crippen LogP contribution in [-0.2, 0) is 19.2 Å². The molecule has 0 bridgehead atoms. The van der Waals surface area contributed by atoms with Gasteiger partial charge in [0.1, 0.15) is 11.5 Å². The molecule has 1 fully saturated rings. The number of nitrogens with zero attached hydrogens (tertiary/aromatic N) is 1. The van der Waals surface area contributed by atoms with Gasteiger partial charge in [0.25, 0.3) is 0 Å². The van der Waals surface area contributed by atoms with E-state index in [0.717, 1.165) is 5.56 Å². The molecule has 31 heavy (non-hydrogen) atoms. The van der Waals surface area contributed by atoms with Gasteiger partial charge in [-0.2, -0.15) is 0 Å². The summed E-state index contributed by atoms with van der Waals surface area (Å²) >= 11 is 0. The summed E-state index contributed by atoms with van der Waals surface area (Å²) in [5.74, 6) is -1.74. The molecule has 3 unspecified atom stereocenters. The second-order valence-corrected chi connectivity index (χ2v) is 7.59. The molecule has 0 saturated carbocycles. The van der Waals surface area contributed by atoms with Crippen LogP contribution in [0.1, 0.15) is 45.6 Å². The van der Waals surface area contributed by atoms with Gasteiger partial charge in [0.05, 0.1) is 11.6 Å². The molecule has 1 heterocycles. The van der Waals surface area contributed by atoms with Gasteiger partial charge in [0, 0.05) is 19.8 Å². The molecule has 2 aromatic rings. The van der Waals surface area contributed by atoms with Gasteiger partial charge in [-0.05, 0) is 54.3 Å². The third-order valence-corrected chi connectivity index (χ3v) is 5.45. The molecule has 0 spiro atoms. The first-order valence-electron chi connectivity index (χ1n) is 10.2. The molecule has 0 radical (unpaired) electrons. The van der Waals surface area contributed by atoms with E-state index in [0.29, 0.717) is 23.6 Å². The minimum Gasteiger partial charge on any atom is -0.427 e. The molecule has 2 amide bonds. The van der Waals surface area contributed by atoms with Crippen molar-refractivity contribution >= 4 is 29.4 Å². The zero-order valence-electron chi connectivity index (χ0n) is 18.0. The van der Waals surface area contributed by atoms with Crippen LogP contribution < -0.4 is 14.4 Å². The van der Waals surface area contributed by atoms with Crippen LogP contribution in [0.15, 0.2) is 48.5 Å². The topological polar surface area (TPSA) is 90.0 Å². The van der Waals surface area contributed by atoms with Crippen molar-refractivity contribution in [2.24, 2.45) is 11.8 Å². The third-order valence-electron chi connectivity index (χ3n) is 5.45. The van der Waals surface area contributed by atoms with Crippen LogP contribution in [0.4, 0.5) is 5.69 Å². The minimum atomic E-state index is -0.509. The van der Waals surface area contributed by atoms with Crippen molar-refractivity contribution in [3.8, 4) is 11.5 Å². The number of carbonyl (C=O) groups is 4. The lowest BCUT2D eigenvalue weighted by atomic mass is 9.78. The van der Waals surface area contributed by atoms with Crippen molar-refractivity contribution in [2.45, 2.75) is 40.0 Å². The molecule has 162 valence electrons. The van der Waals surface area contributed by atoms with Gasteiger partial charge < -0.3 is 9.47 Å². The lowest BCUT2D eigenvalue weighted by Gasteiger charge is -2.23. The number of imide groups is 1. The second-order valence-electron chi connectivity index (χ2n) is 7.59. The standard InChI is InChI=1S/C24H25NO6/c1-5-21(17-6-10-19(11-7-17)30-15(3)26)22-14(2)23(28)25(24(22)29)18-8-12-20(13-9-18)31-16(4)27/h6-14,21-22H,5H2,1-4H3. The Bertz CT molecular complexity index is 996. The van der Waals surface area contributed by atoms with Gasteiger partial charge in [0.15, 0.2) is 0 Å². The van der Waals surface area contributed by atoms with Crippen LogP contribution in [0, 0.1) is 11.8 Å². The molecule has 7 nitrogen and oxygen atoms in total. The quantitative estimate of drug-likeness (QED) is 0.398. The van der Waals surface area contributed by atoms with Crippen molar-refractivity contribution in [3.05, 3.63) is 54.1 Å². The molecule has 3 atom stereocenters. The molecule has 0 aliphatic carbocycles. The van der Waals surface area contributed by atoms with E-state index >= 15 is 0 Å². The Hall–Kier alpha value is -3.48. The average molecular weight is 423 g/mol. The number of benzene rings is 2. The Morgan fingerprint density at radius 2 is 1.35 bits per heavy atom. The number of ether oxygens (including phenoxy) is 2. The van der Waals surface area contributed by atoms with E-state index < -0.39 is 23.8 Å². The normalized spacial score (nSPS) is 19.3. The monoisotopic (exact) mass is 423 g/mol. The van der Waals surface area contributed by atoms with Crippen LogP contribution in [-0.4, -0.2) is 23.8 Å². The van der Waals surface area contributed by atoms with Crippen LogP contribution >= 0.6 is 0 Å². The second kappa shape index (κ2) is 9.12. The maximum Gasteiger partial charge on any atom is 0.308 e. The highest BCUT2D eigenvalue weighted by Crippen LogP contribution is 2.41. The summed E-state index contributed by atoms with van der Waals surface area (Å²) in [5, 5.41) is 0. The fourth-order valence-corrected chi connectivity index (χ4v) is 4.08. The zero-order valence-corrected chi connectivity index (χ0v) is 18.0. The summed E-state index contributed by atoms with van der Waals surface area (Å²) in [6, 6.07) is 13.3. The predicted octanol–water partition coefficient (Wildman–Crippen LogP) is 3.86. The van der Waals surface area contributed by atoms with Crippen molar-refractivity contribution in [1.82, 2.24) is 0 Å². The van der Waals surface area contributed by atoms with Gasteiger partial charge in [-0.1, -0.05) is 26.0 Å². The third kappa shape index (κ3) is 4.66. The SMILES string of the molecule is CCC(c1ccc(OC(C)=O)cc1)C1C(=O)N(c2ccc(OC(C)=O)cc2)C(=O)C1C. The maximum absolute atomic E-state index is 13.3. The van der Waals surface area contributed by atoms with Crippen LogP contribution in [0.5, 0.6) is 11.5 Å². The molecular formula is C24H25NO6. The summed E-state index contributed by atoms with van der Waals surface area (Å²) in [4.78, 5) is 49.7.